The first-order valence-electron chi connectivity index (χ1n) is 9.32. The van der Waals surface area contributed by atoms with Crippen molar-refractivity contribution in [2.24, 2.45) is 0 Å². The third kappa shape index (κ3) is 4.15. The third-order valence-corrected chi connectivity index (χ3v) is 5.23. The van der Waals surface area contributed by atoms with E-state index in [4.69, 9.17) is 9.47 Å². The first-order valence-corrected chi connectivity index (χ1v) is 10.1. The molecular formula is C23H18BrN3O4. The Morgan fingerprint density at radius 2 is 1.61 bits per heavy atom. The lowest BCUT2D eigenvalue weighted by atomic mass is 10.1. The second-order valence-corrected chi connectivity index (χ2v) is 7.56. The highest BCUT2D eigenvalue weighted by Crippen LogP contribution is 2.29. The lowest BCUT2D eigenvalue weighted by Gasteiger charge is -2.16. The summed E-state index contributed by atoms with van der Waals surface area (Å²) in [6.45, 7) is 0. The van der Waals surface area contributed by atoms with Gasteiger partial charge in [0, 0.05) is 21.7 Å². The Balaban J connectivity index is 1.91. The Hall–Kier alpha value is -3.65. The van der Waals surface area contributed by atoms with Gasteiger partial charge in [-0.15, -0.1) is 0 Å². The van der Waals surface area contributed by atoms with Crippen LogP contribution in [0.25, 0.3) is 22.3 Å². The summed E-state index contributed by atoms with van der Waals surface area (Å²) in [4.78, 5) is 30.8. The van der Waals surface area contributed by atoms with Crippen molar-refractivity contribution in [1.29, 1.82) is 0 Å². The van der Waals surface area contributed by atoms with Gasteiger partial charge < -0.3 is 9.47 Å². The van der Waals surface area contributed by atoms with Crippen molar-refractivity contribution in [2.75, 3.05) is 19.6 Å². The van der Waals surface area contributed by atoms with Crippen molar-refractivity contribution < 1.29 is 14.3 Å². The Labute approximate surface area is 186 Å². The molecule has 1 heterocycles. The third-order valence-electron chi connectivity index (χ3n) is 4.71. The van der Waals surface area contributed by atoms with Gasteiger partial charge in [-0.25, -0.2) is 4.98 Å². The molecule has 1 N–H and O–H groups in total. The summed E-state index contributed by atoms with van der Waals surface area (Å²) in [6.07, 6.45) is 0. The maximum Gasteiger partial charge on any atom is 0.280 e. The number of para-hydroxylation sites is 1. The normalized spacial score (nSPS) is 10.7. The standard InChI is InChI=1S/C23H18BrN3O4/c1-30-17-11-15(12-18(13-17)31-2)21-25-20-6-4-3-5-19(20)23(29)27(21)26-22(28)14-7-9-16(24)10-8-14/h3-13H,1-2H3,(H,26,28). The lowest BCUT2D eigenvalue weighted by Crippen LogP contribution is -2.35. The Morgan fingerprint density at radius 1 is 0.968 bits per heavy atom. The zero-order chi connectivity index (χ0) is 22.0. The van der Waals surface area contributed by atoms with E-state index >= 15 is 0 Å². The Kier molecular flexibility index (Phi) is 5.73. The number of carbonyl (C=O) groups excluding carboxylic acids is 1. The van der Waals surface area contributed by atoms with Crippen LogP contribution in [0.1, 0.15) is 10.4 Å². The van der Waals surface area contributed by atoms with Gasteiger partial charge in [-0.3, -0.25) is 15.0 Å². The van der Waals surface area contributed by atoms with Crippen molar-refractivity contribution in [3.63, 3.8) is 0 Å². The van der Waals surface area contributed by atoms with E-state index in [0.29, 0.717) is 33.5 Å². The molecule has 0 radical (unpaired) electrons. The largest absolute Gasteiger partial charge is 0.497 e. The number of aromatic nitrogens is 2. The topological polar surface area (TPSA) is 82.4 Å². The van der Waals surface area contributed by atoms with Gasteiger partial charge in [0.05, 0.1) is 25.1 Å². The van der Waals surface area contributed by atoms with E-state index in [1.54, 1.807) is 66.7 Å². The summed E-state index contributed by atoms with van der Waals surface area (Å²) in [5, 5.41) is 0.386. The van der Waals surface area contributed by atoms with Crippen LogP contribution in [-0.4, -0.2) is 29.8 Å². The number of hydrogen-bond acceptors (Lipinski definition) is 5. The highest BCUT2D eigenvalue weighted by atomic mass is 79.9. The van der Waals surface area contributed by atoms with Crippen molar-refractivity contribution in [1.82, 2.24) is 9.66 Å². The molecule has 4 rings (SSSR count). The molecule has 1 amide bonds. The number of halogens is 1. The number of amides is 1. The van der Waals surface area contributed by atoms with Gasteiger partial charge in [-0.05, 0) is 48.5 Å². The van der Waals surface area contributed by atoms with Gasteiger partial charge in [0.2, 0.25) is 0 Å². The van der Waals surface area contributed by atoms with E-state index in [1.807, 2.05) is 0 Å². The van der Waals surface area contributed by atoms with E-state index in [-0.39, 0.29) is 5.82 Å². The van der Waals surface area contributed by atoms with E-state index in [1.165, 1.54) is 14.2 Å². The minimum Gasteiger partial charge on any atom is -0.497 e. The molecule has 0 unspecified atom stereocenters. The van der Waals surface area contributed by atoms with Crippen LogP contribution in [0.2, 0.25) is 0 Å². The summed E-state index contributed by atoms with van der Waals surface area (Å²) in [5.41, 5.74) is 3.75. The number of ether oxygens (including phenoxy) is 2. The zero-order valence-corrected chi connectivity index (χ0v) is 18.3. The molecule has 7 nitrogen and oxygen atoms in total. The molecule has 0 saturated carbocycles. The van der Waals surface area contributed by atoms with Gasteiger partial charge >= 0.3 is 0 Å². The average molecular weight is 480 g/mol. The minimum atomic E-state index is -0.442. The van der Waals surface area contributed by atoms with Crippen LogP contribution >= 0.6 is 15.9 Å². The smallest absolute Gasteiger partial charge is 0.280 e. The SMILES string of the molecule is COc1cc(OC)cc(-c2nc3ccccc3c(=O)n2NC(=O)c2ccc(Br)cc2)c1. The van der Waals surface area contributed by atoms with Gasteiger partial charge in [-0.1, -0.05) is 28.1 Å². The molecule has 1 aromatic heterocycles. The van der Waals surface area contributed by atoms with Gasteiger partial charge in [0.25, 0.3) is 11.5 Å². The molecule has 4 aromatic rings. The van der Waals surface area contributed by atoms with Crippen LogP contribution in [0.3, 0.4) is 0 Å². The Bertz CT molecular complexity index is 1310. The monoisotopic (exact) mass is 479 g/mol. The van der Waals surface area contributed by atoms with Crippen molar-refractivity contribution in [2.45, 2.75) is 0 Å². The van der Waals surface area contributed by atoms with Crippen LogP contribution < -0.4 is 20.5 Å². The fourth-order valence-electron chi connectivity index (χ4n) is 3.13. The molecule has 0 aliphatic heterocycles. The second kappa shape index (κ2) is 8.61. The molecule has 0 aliphatic carbocycles. The lowest BCUT2D eigenvalue weighted by molar-refractivity contribution is 0.101. The first-order chi connectivity index (χ1) is 15.0. The fourth-order valence-corrected chi connectivity index (χ4v) is 3.40. The van der Waals surface area contributed by atoms with E-state index in [9.17, 15) is 9.59 Å². The molecule has 0 spiro atoms. The number of methoxy groups -OCH3 is 2. The molecule has 31 heavy (non-hydrogen) atoms. The molecule has 3 aromatic carbocycles. The highest BCUT2D eigenvalue weighted by Gasteiger charge is 2.17. The van der Waals surface area contributed by atoms with Crippen molar-refractivity contribution in [3.8, 4) is 22.9 Å². The van der Waals surface area contributed by atoms with Gasteiger partial charge in [0.15, 0.2) is 5.82 Å². The predicted molar refractivity (Wildman–Crippen MR) is 122 cm³/mol. The maximum absolute atomic E-state index is 13.3. The maximum atomic E-state index is 13.3. The number of nitrogens with one attached hydrogen (secondary N) is 1. The zero-order valence-electron chi connectivity index (χ0n) is 16.8. The van der Waals surface area contributed by atoms with Gasteiger partial charge in [0.1, 0.15) is 11.5 Å². The summed E-state index contributed by atoms with van der Waals surface area (Å²) in [7, 11) is 3.07. The summed E-state index contributed by atoms with van der Waals surface area (Å²) in [5.74, 6) is 0.874. The van der Waals surface area contributed by atoms with Crippen LogP contribution in [0, 0.1) is 0 Å². The van der Waals surface area contributed by atoms with E-state index in [0.717, 1.165) is 9.15 Å². The second-order valence-electron chi connectivity index (χ2n) is 6.64. The molecule has 8 heteroatoms. The van der Waals surface area contributed by atoms with Crippen LogP contribution in [0.15, 0.2) is 76.0 Å². The highest BCUT2D eigenvalue weighted by molar-refractivity contribution is 9.10. The molecule has 0 saturated heterocycles. The van der Waals surface area contributed by atoms with Crippen LogP contribution in [0.4, 0.5) is 0 Å². The van der Waals surface area contributed by atoms with Crippen LogP contribution in [-0.2, 0) is 0 Å². The van der Waals surface area contributed by atoms with Gasteiger partial charge in [-0.2, -0.15) is 4.68 Å². The first kappa shape index (κ1) is 20.6. The number of nitrogens with zero attached hydrogens (tertiary/aromatic N) is 2. The fraction of sp³-hybridized carbons (Fsp3) is 0.0870. The van der Waals surface area contributed by atoms with E-state index in [2.05, 4.69) is 26.3 Å². The number of fused-ring (bicyclic) bond motifs is 1. The molecule has 0 fully saturated rings. The average Bonchev–Trinajstić information content (AvgIpc) is 2.80. The van der Waals surface area contributed by atoms with E-state index < -0.39 is 11.5 Å². The number of benzene rings is 3. The summed E-state index contributed by atoms with van der Waals surface area (Å²) in [6, 6.07) is 19.0. The number of rotatable bonds is 5. The minimum absolute atomic E-state index is 0.256. The summed E-state index contributed by atoms with van der Waals surface area (Å²) >= 11 is 3.35. The van der Waals surface area contributed by atoms with Crippen LogP contribution in [0.5, 0.6) is 11.5 Å². The quantitative estimate of drug-likeness (QED) is 0.463. The molecule has 0 bridgehead atoms. The molecule has 0 aliphatic rings. The molecule has 0 atom stereocenters. The van der Waals surface area contributed by atoms with Crippen molar-refractivity contribution >= 4 is 32.7 Å². The summed E-state index contributed by atoms with van der Waals surface area (Å²) < 4.78 is 12.7. The molecule has 156 valence electrons. The number of hydrogen-bond donors (Lipinski definition) is 1. The molecular weight excluding hydrogens is 462 g/mol. The number of carbonyl (C=O) groups is 1. The Morgan fingerprint density at radius 3 is 2.26 bits per heavy atom. The predicted octanol–water partition coefficient (Wildman–Crippen LogP) is 4.23. The van der Waals surface area contributed by atoms with Crippen molar-refractivity contribution in [3.05, 3.63) is 87.1 Å².